The Kier molecular flexibility index (Phi) is 8.32. The third kappa shape index (κ3) is 9.63. The minimum Gasteiger partial charge on any atom is -0.462 e. The molecule has 0 unspecified atom stereocenters. The monoisotopic (exact) mass is 321 g/mol. The van der Waals surface area contributed by atoms with E-state index < -0.39 is 34.4 Å². The number of allylic oxidation sites excluding steroid dienone is 2. The summed E-state index contributed by atoms with van der Waals surface area (Å²) in [6.07, 6.45) is 4.23. The van der Waals surface area contributed by atoms with Crippen molar-refractivity contribution in [1.29, 1.82) is 0 Å². The smallest absolute Gasteiger partial charge is 0.345 e. The lowest BCUT2D eigenvalue weighted by Crippen LogP contribution is -2.21. The maximum Gasteiger partial charge on any atom is 0.345 e. The van der Waals surface area contributed by atoms with Crippen LogP contribution in [0.5, 0.6) is 0 Å². The van der Waals surface area contributed by atoms with Gasteiger partial charge in [0, 0.05) is 14.1 Å². The van der Waals surface area contributed by atoms with E-state index in [4.69, 9.17) is 9.29 Å². The fourth-order valence-corrected chi connectivity index (χ4v) is 1.35. The van der Waals surface area contributed by atoms with Crippen molar-refractivity contribution in [2.45, 2.75) is 6.92 Å². The van der Waals surface area contributed by atoms with Crippen LogP contribution in [-0.2, 0) is 29.2 Å². The molecule has 9 heteroatoms. The Morgan fingerprint density at radius 2 is 1.76 bits per heavy atom. The van der Waals surface area contributed by atoms with Gasteiger partial charge in [0.25, 0.3) is 10.1 Å². The van der Waals surface area contributed by atoms with Crippen molar-refractivity contribution in [2.24, 2.45) is 0 Å². The number of carbonyl (C=O) groups is 2. The van der Waals surface area contributed by atoms with Gasteiger partial charge in [-0.25, -0.2) is 9.59 Å². The molecule has 0 fully saturated rings. The van der Waals surface area contributed by atoms with E-state index in [1.807, 2.05) is 0 Å². The first-order valence-corrected chi connectivity index (χ1v) is 7.62. The molecule has 0 bridgehead atoms. The summed E-state index contributed by atoms with van der Waals surface area (Å²) in [5, 5.41) is 0. The first-order valence-electron chi connectivity index (χ1n) is 6.01. The Labute approximate surface area is 123 Å². The molecule has 120 valence electrons. The molecular weight excluding hydrogens is 302 g/mol. The highest BCUT2D eigenvalue weighted by Crippen LogP contribution is 2.03. The van der Waals surface area contributed by atoms with Crippen molar-refractivity contribution in [3.8, 4) is 0 Å². The van der Waals surface area contributed by atoms with Crippen LogP contribution < -0.4 is 0 Å². The third-order valence-electron chi connectivity index (χ3n) is 1.94. The molecule has 0 aromatic heterocycles. The van der Waals surface area contributed by atoms with Gasteiger partial charge in [0.2, 0.25) is 0 Å². The average Bonchev–Trinajstić information content (AvgIpc) is 2.32. The second-order valence-electron chi connectivity index (χ2n) is 4.03. The Hall–Kier alpha value is -1.87. The quantitative estimate of drug-likeness (QED) is 0.166. The van der Waals surface area contributed by atoms with Crippen LogP contribution in [0.3, 0.4) is 0 Å². The van der Waals surface area contributed by atoms with Crippen LogP contribution in [0.25, 0.3) is 0 Å². The van der Waals surface area contributed by atoms with Gasteiger partial charge in [-0.05, 0) is 25.3 Å². The second-order valence-corrected chi connectivity index (χ2v) is 5.60. The maximum absolute atomic E-state index is 11.7. The lowest BCUT2D eigenvalue weighted by atomic mass is 10.2. The predicted octanol–water partition coefficient (Wildman–Crippen LogP) is -0.0178. The molecule has 0 saturated carbocycles. The highest BCUT2D eigenvalue weighted by Gasteiger charge is 2.21. The molecule has 0 aromatic rings. The van der Waals surface area contributed by atoms with E-state index in [1.54, 1.807) is 32.1 Å². The summed E-state index contributed by atoms with van der Waals surface area (Å²) in [7, 11) is -0.740. The second kappa shape index (κ2) is 9.14. The standard InChI is InChI=1S/C12H19NO7S/c1-4-19-11(14)10(6-5-7-13(2)3)12(15)20-8-9-21(16,17)18/h5-7H,4,8-9H2,1-3H3,(H,16,17,18)/b7-5+,10-6+. The van der Waals surface area contributed by atoms with Crippen LogP contribution in [0.15, 0.2) is 23.9 Å². The highest BCUT2D eigenvalue weighted by molar-refractivity contribution is 7.85. The fourth-order valence-electron chi connectivity index (χ4n) is 1.06. The Morgan fingerprint density at radius 3 is 2.24 bits per heavy atom. The Morgan fingerprint density at radius 1 is 1.19 bits per heavy atom. The van der Waals surface area contributed by atoms with Crippen LogP contribution in [0.2, 0.25) is 0 Å². The summed E-state index contributed by atoms with van der Waals surface area (Å²) in [6.45, 7) is 1.09. The van der Waals surface area contributed by atoms with E-state index in [9.17, 15) is 18.0 Å². The number of ether oxygens (including phenoxy) is 2. The van der Waals surface area contributed by atoms with Gasteiger partial charge in [0.05, 0.1) is 6.61 Å². The predicted molar refractivity (Wildman–Crippen MR) is 74.9 cm³/mol. The first kappa shape index (κ1) is 19.1. The van der Waals surface area contributed by atoms with Gasteiger partial charge < -0.3 is 14.4 Å². The maximum atomic E-state index is 11.7. The van der Waals surface area contributed by atoms with Crippen molar-refractivity contribution in [1.82, 2.24) is 4.90 Å². The van der Waals surface area contributed by atoms with Crippen molar-refractivity contribution in [2.75, 3.05) is 33.1 Å². The molecule has 0 spiro atoms. The molecule has 0 aromatic carbocycles. The molecular formula is C12H19NO7S. The van der Waals surface area contributed by atoms with Crippen LogP contribution in [0.1, 0.15) is 6.92 Å². The van der Waals surface area contributed by atoms with Crippen LogP contribution >= 0.6 is 0 Å². The minimum atomic E-state index is -4.24. The van der Waals surface area contributed by atoms with Crippen LogP contribution in [0, 0.1) is 0 Å². The van der Waals surface area contributed by atoms with Crippen molar-refractivity contribution in [3.05, 3.63) is 23.9 Å². The zero-order valence-corrected chi connectivity index (χ0v) is 12.9. The number of nitrogens with zero attached hydrogens (tertiary/aromatic N) is 1. The molecule has 8 nitrogen and oxygen atoms in total. The SMILES string of the molecule is CCOC(=O)/C(=C\C=C\N(C)C)C(=O)OCCS(=O)(=O)O. The lowest BCUT2D eigenvalue weighted by Gasteiger charge is -2.07. The molecule has 1 N–H and O–H groups in total. The van der Waals surface area contributed by atoms with Crippen molar-refractivity contribution in [3.63, 3.8) is 0 Å². The minimum absolute atomic E-state index is 0.0753. The summed E-state index contributed by atoms with van der Waals surface area (Å²) >= 11 is 0. The lowest BCUT2D eigenvalue weighted by molar-refractivity contribution is -0.146. The summed E-state index contributed by atoms with van der Waals surface area (Å²) < 4.78 is 38.9. The highest BCUT2D eigenvalue weighted by atomic mass is 32.2. The van der Waals surface area contributed by atoms with Gasteiger partial charge >= 0.3 is 11.9 Å². The van der Waals surface area contributed by atoms with E-state index in [1.165, 1.54) is 12.2 Å². The number of hydrogen-bond donors (Lipinski definition) is 1. The zero-order valence-electron chi connectivity index (χ0n) is 12.1. The summed E-state index contributed by atoms with van der Waals surface area (Å²) in [5.41, 5.74) is -0.370. The van der Waals surface area contributed by atoms with E-state index in [-0.39, 0.29) is 12.2 Å². The number of carbonyl (C=O) groups excluding carboxylic acids is 2. The number of esters is 2. The molecule has 0 amide bonds. The van der Waals surface area contributed by atoms with E-state index in [0.29, 0.717) is 0 Å². The molecule has 0 heterocycles. The molecule has 0 aliphatic heterocycles. The van der Waals surface area contributed by atoms with E-state index in [2.05, 4.69) is 4.74 Å². The molecule has 0 rings (SSSR count). The molecule has 0 aliphatic carbocycles. The van der Waals surface area contributed by atoms with Crippen molar-refractivity contribution >= 4 is 22.1 Å². The van der Waals surface area contributed by atoms with Gasteiger partial charge in [-0.1, -0.05) is 0 Å². The average molecular weight is 321 g/mol. The largest absolute Gasteiger partial charge is 0.462 e. The molecule has 0 radical (unpaired) electrons. The first-order chi connectivity index (χ1) is 9.67. The fraction of sp³-hybridized carbons (Fsp3) is 0.500. The summed E-state index contributed by atoms with van der Waals surface area (Å²) in [6, 6.07) is 0. The summed E-state index contributed by atoms with van der Waals surface area (Å²) in [4.78, 5) is 25.0. The topological polar surface area (TPSA) is 110 Å². The molecule has 21 heavy (non-hydrogen) atoms. The van der Waals surface area contributed by atoms with E-state index >= 15 is 0 Å². The third-order valence-corrected chi connectivity index (χ3v) is 2.62. The van der Waals surface area contributed by atoms with Gasteiger partial charge in [0.1, 0.15) is 17.9 Å². The number of rotatable bonds is 8. The normalized spacial score (nSPS) is 12.3. The van der Waals surface area contributed by atoms with E-state index in [0.717, 1.165) is 0 Å². The molecule has 0 atom stereocenters. The van der Waals surface area contributed by atoms with Gasteiger partial charge in [-0.2, -0.15) is 8.42 Å². The zero-order chi connectivity index (χ0) is 16.5. The summed E-state index contributed by atoms with van der Waals surface area (Å²) in [5.74, 6) is -2.65. The van der Waals surface area contributed by atoms with Crippen molar-refractivity contribution < 1.29 is 32.0 Å². The van der Waals surface area contributed by atoms with Gasteiger partial charge in [-0.15, -0.1) is 0 Å². The van der Waals surface area contributed by atoms with Gasteiger partial charge in [-0.3, -0.25) is 4.55 Å². The molecule has 0 saturated heterocycles. The van der Waals surface area contributed by atoms with Crippen LogP contribution in [0.4, 0.5) is 0 Å². The van der Waals surface area contributed by atoms with Gasteiger partial charge in [0.15, 0.2) is 0 Å². The van der Waals surface area contributed by atoms with Crippen LogP contribution in [-0.4, -0.2) is 62.9 Å². The Bertz CT molecular complexity index is 520. The Balaban J connectivity index is 4.87. The molecule has 0 aliphatic rings. The number of hydrogen-bond acceptors (Lipinski definition) is 7.